The summed E-state index contributed by atoms with van der Waals surface area (Å²) in [6.45, 7) is 0. The molecule has 7 N–H and O–H groups in total. The number of carboxylic acid groups (broad SMARTS) is 1. The summed E-state index contributed by atoms with van der Waals surface area (Å²) in [5.74, 6) is -1.68. The van der Waals surface area contributed by atoms with Crippen molar-refractivity contribution in [3.8, 4) is 0 Å². The molecule has 0 aliphatic heterocycles. The van der Waals surface area contributed by atoms with E-state index in [2.05, 4.69) is 0 Å². The highest BCUT2D eigenvalue weighted by Crippen LogP contribution is 2.29. The summed E-state index contributed by atoms with van der Waals surface area (Å²) >= 11 is 0. The first kappa shape index (κ1) is 10.4. The maximum Gasteiger partial charge on any atom is 0.329 e. The topological polar surface area (TPSA) is 144 Å². The van der Waals surface area contributed by atoms with Gasteiger partial charge >= 0.3 is 5.97 Å². The monoisotopic (exact) mass is 193 g/mol. The Morgan fingerprint density at radius 3 is 1.54 bits per heavy atom. The predicted octanol–water partition coefficient (Wildman–Crippen LogP) is -3.77. The van der Waals surface area contributed by atoms with Crippen LogP contribution in [0.2, 0.25) is 0 Å². The molecule has 0 spiro atoms. The summed E-state index contributed by atoms with van der Waals surface area (Å²) in [6.07, 6.45) is -7.29. The minimum atomic E-state index is -2.42. The van der Waals surface area contributed by atoms with Gasteiger partial charge in [-0.25, -0.2) is 0 Å². The molecule has 0 heterocycles. The first-order valence-electron chi connectivity index (χ1n) is 3.58. The highest BCUT2D eigenvalue weighted by molar-refractivity contribution is 5.81. The zero-order valence-corrected chi connectivity index (χ0v) is 6.53. The van der Waals surface area contributed by atoms with Crippen molar-refractivity contribution in [3.05, 3.63) is 0 Å². The van der Waals surface area contributed by atoms with Crippen LogP contribution < -0.4 is 5.73 Å². The van der Waals surface area contributed by atoms with E-state index in [1.165, 1.54) is 0 Å². The normalized spacial score (nSPS) is 50.8. The fourth-order valence-corrected chi connectivity index (χ4v) is 1.37. The predicted molar refractivity (Wildman–Crippen MR) is 38.6 cm³/mol. The van der Waals surface area contributed by atoms with E-state index in [1.807, 2.05) is 0 Å². The summed E-state index contributed by atoms with van der Waals surface area (Å²) in [5, 5.41) is 44.9. The van der Waals surface area contributed by atoms with Gasteiger partial charge in [0.2, 0.25) is 0 Å². The Kier molecular flexibility index (Phi) is 2.30. The molecular formula is C6H11NO6. The second kappa shape index (κ2) is 2.89. The van der Waals surface area contributed by atoms with Crippen molar-refractivity contribution in [1.82, 2.24) is 0 Å². The molecule has 0 aromatic rings. The Morgan fingerprint density at radius 2 is 1.38 bits per heavy atom. The minimum absolute atomic E-state index is 1.68. The Morgan fingerprint density at radius 1 is 1.08 bits per heavy atom. The average Bonchev–Trinajstić information content (AvgIpc) is 2.22. The van der Waals surface area contributed by atoms with E-state index in [0.29, 0.717) is 0 Å². The number of hydrogen-bond acceptors (Lipinski definition) is 6. The first-order valence-corrected chi connectivity index (χ1v) is 3.58. The van der Waals surface area contributed by atoms with Crippen LogP contribution in [0.5, 0.6) is 0 Å². The molecule has 0 radical (unpaired) electrons. The zero-order valence-electron chi connectivity index (χ0n) is 6.53. The summed E-state index contributed by atoms with van der Waals surface area (Å²) in [6, 6.07) is 0. The second-order valence-corrected chi connectivity index (χ2v) is 3.11. The van der Waals surface area contributed by atoms with E-state index in [1.54, 1.807) is 0 Å². The van der Waals surface area contributed by atoms with Crippen molar-refractivity contribution in [2.45, 2.75) is 30.0 Å². The van der Waals surface area contributed by atoms with Crippen LogP contribution in [-0.2, 0) is 4.79 Å². The third-order valence-electron chi connectivity index (χ3n) is 2.35. The van der Waals surface area contributed by atoms with Gasteiger partial charge in [-0.05, 0) is 0 Å². The van der Waals surface area contributed by atoms with E-state index in [-0.39, 0.29) is 0 Å². The van der Waals surface area contributed by atoms with Crippen molar-refractivity contribution in [2.24, 2.45) is 5.73 Å². The molecular weight excluding hydrogens is 182 g/mol. The molecule has 0 saturated heterocycles. The molecule has 13 heavy (non-hydrogen) atoms. The molecule has 1 rings (SSSR count). The van der Waals surface area contributed by atoms with Gasteiger partial charge < -0.3 is 31.3 Å². The van der Waals surface area contributed by atoms with E-state index >= 15 is 0 Å². The molecule has 76 valence electrons. The van der Waals surface area contributed by atoms with Gasteiger partial charge in [-0.1, -0.05) is 0 Å². The molecule has 1 aliphatic rings. The third-order valence-corrected chi connectivity index (χ3v) is 2.35. The molecule has 1 fully saturated rings. The van der Waals surface area contributed by atoms with Crippen molar-refractivity contribution in [1.29, 1.82) is 0 Å². The quantitative estimate of drug-likeness (QED) is 0.251. The molecule has 0 amide bonds. The van der Waals surface area contributed by atoms with Gasteiger partial charge in [0.05, 0.1) is 0 Å². The van der Waals surface area contributed by atoms with Crippen molar-refractivity contribution < 1.29 is 30.3 Å². The SMILES string of the molecule is NC1(C(=O)O)[C@H](O)[C@H](O)[C@H](O)[C@@H]1O. The summed E-state index contributed by atoms with van der Waals surface area (Å²) < 4.78 is 0. The number of aliphatic carboxylic acids is 1. The molecule has 0 bridgehead atoms. The van der Waals surface area contributed by atoms with Gasteiger partial charge in [0.1, 0.15) is 24.4 Å². The van der Waals surface area contributed by atoms with Crippen LogP contribution >= 0.6 is 0 Å². The zero-order chi connectivity index (χ0) is 10.4. The van der Waals surface area contributed by atoms with E-state index in [0.717, 1.165) is 0 Å². The van der Waals surface area contributed by atoms with Gasteiger partial charge in [-0.3, -0.25) is 4.79 Å². The van der Waals surface area contributed by atoms with Gasteiger partial charge in [0, 0.05) is 0 Å². The largest absolute Gasteiger partial charge is 0.480 e. The van der Waals surface area contributed by atoms with Crippen LogP contribution in [0.4, 0.5) is 0 Å². The Balaban J connectivity index is 3.05. The molecule has 0 aromatic heterocycles. The fraction of sp³-hybridized carbons (Fsp3) is 0.833. The van der Waals surface area contributed by atoms with Crippen LogP contribution in [-0.4, -0.2) is 61.5 Å². The molecule has 1 saturated carbocycles. The van der Waals surface area contributed by atoms with Crippen LogP contribution in [0, 0.1) is 0 Å². The van der Waals surface area contributed by atoms with Gasteiger partial charge in [-0.15, -0.1) is 0 Å². The number of aliphatic hydroxyl groups excluding tert-OH is 4. The Bertz CT molecular complexity index is 217. The smallest absolute Gasteiger partial charge is 0.329 e. The fourth-order valence-electron chi connectivity index (χ4n) is 1.37. The molecule has 7 nitrogen and oxygen atoms in total. The molecule has 5 atom stereocenters. The van der Waals surface area contributed by atoms with Crippen molar-refractivity contribution >= 4 is 5.97 Å². The minimum Gasteiger partial charge on any atom is -0.480 e. The highest BCUT2D eigenvalue weighted by atomic mass is 16.4. The van der Waals surface area contributed by atoms with Crippen LogP contribution in [0.25, 0.3) is 0 Å². The highest BCUT2D eigenvalue weighted by Gasteiger charge is 2.62. The summed E-state index contributed by atoms with van der Waals surface area (Å²) in [7, 11) is 0. The summed E-state index contributed by atoms with van der Waals surface area (Å²) in [5.41, 5.74) is 2.73. The molecule has 7 heteroatoms. The number of carbonyl (C=O) groups is 1. The van der Waals surface area contributed by atoms with Crippen LogP contribution in [0.1, 0.15) is 0 Å². The lowest BCUT2D eigenvalue weighted by molar-refractivity contribution is -0.152. The van der Waals surface area contributed by atoms with Crippen molar-refractivity contribution in [3.63, 3.8) is 0 Å². The number of hydrogen-bond donors (Lipinski definition) is 6. The van der Waals surface area contributed by atoms with E-state index < -0.39 is 35.9 Å². The Hall–Kier alpha value is -0.730. The van der Waals surface area contributed by atoms with Gasteiger partial charge in [0.25, 0.3) is 0 Å². The number of carboxylic acids is 1. The second-order valence-electron chi connectivity index (χ2n) is 3.11. The maximum atomic E-state index is 10.6. The van der Waals surface area contributed by atoms with Crippen molar-refractivity contribution in [2.75, 3.05) is 0 Å². The van der Waals surface area contributed by atoms with Gasteiger partial charge in [-0.2, -0.15) is 0 Å². The lowest BCUT2D eigenvalue weighted by atomic mass is 9.94. The van der Waals surface area contributed by atoms with E-state index in [4.69, 9.17) is 31.3 Å². The molecule has 1 aliphatic carbocycles. The standard InChI is InChI=1S/C6H11NO6/c7-6(5(12)13)3(10)1(8)2(9)4(6)11/h1-4,8-11H,7H2,(H,12,13)/t1-,2+,3-,4+,6?. The summed E-state index contributed by atoms with van der Waals surface area (Å²) in [4.78, 5) is 10.6. The number of nitrogens with two attached hydrogens (primary N) is 1. The van der Waals surface area contributed by atoms with E-state index in [9.17, 15) is 4.79 Å². The number of aliphatic hydroxyl groups is 4. The van der Waals surface area contributed by atoms with Crippen LogP contribution in [0.3, 0.4) is 0 Å². The first-order chi connectivity index (χ1) is 5.83. The number of rotatable bonds is 1. The average molecular weight is 193 g/mol. The molecule has 1 unspecified atom stereocenters. The van der Waals surface area contributed by atoms with Gasteiger partial charge in [0.15, 0.2) is 5.54 Å². The third kappa shape index (κ3) is 1.13. The maximum absolute atomic E-state index is 10.6. The molecule has 0 aromatic carbocycles. The lowest BCUT2D eigenvalue weighted by Gasteiger charge is -2.25. The van der Waals surface area contributed by atoms with Crippen LogP contribution in [0.15, 0.2) is 0 Å². The Labute approximate surface area is 73.0 Å². The lowest BCUT2D eigenvalue weighted by Crippen LogP contribution is -2.62.